The van der Waals surface area contributed by atoms with E-state index in [1.54, 1.807) is 31.4 Å². The summed E-state index contributed by atoms with van der Waals surface area (Å²) in [6, 6.07) is 14.2. The fourth-order valence-corrected chi connectivity index (χ4v) is 5.65. The van der Waals surface area contributed by atoms with Crippen LogP contribution in [0.2, 0.25) is 0 Å². The van der Waals surface area contributed by atoms with E-state index in [0.717, 1.165) is 23.8 Å². The maximum absolute atomic E-state index is 13.7. The van der Waals surface area contributed by atoms with Gasteiger partial charge in [-0.2, -0.15) is 4.31 Å². The van der Waals surface area contributed by atoms with E-state index in [9.17, 15) is 13.2 Å². The molecule has 4 rings (SSSR count). The summed E-state index contributed by atoms with van der Waals surface area (Å²) in [5.74, 6) is 0.636. The Hall–Kier alpha value is -2.68. The van der Waals surface area contributed by atoms with Crippen molar-refractivity contribution in [2.24, 2.45) is 0 Å². The molecular weight excluding hydrogens is 452 g/mol. The van der Waals surface area contributed by atoms with Crippen LogP contribution in [0.5, 0.6) is 5.75 Å². The maximum atomic E-state index is 13.7. The standard InChI is InChI=1S/C26H32N2O5S/c1-26(2,3)20-8-11-23(12-9-20)34(30,31)28(17-22-6-5-13-33-22)16-19-14-18-7-10-21(32-4)15-24(18)27-25(19)29/h7-12,14-15,22H,5-6,13,16-17H2,1-4H3,(H,27,29)/t22-/m1/s1. The molecule has 1 N–H and O–H groups in total. The molecule has 1 aromatic heterocycles. The van der Waals surface area contributed by atoms with Crippen LogP contribution in [0.15, 0.2) is 58.2 Å². The first-order valence-electron chi connectivity index (χ1n) is 11.5. The SMILES string of the molecule is COc1ccc2cc(CN(C[C@H]3CCCO3)S(=O)(=O)c3ccc(C(C)(C)C)cc3)c(=O)[nH]c2c1. The first-order valence-corrected chi connectivity index (χ1v) is 12.9. The molecule has 0 spiro atoms. The van der Waals surface area contributed by atoms with E-state index in [4.69, 9.17) is 9.47 Å². The van der Waals surface area contributed by atoms with Crippen LogP contribution in [0.4, 0.5) is 0 Å². The molecule has 3 aromatic rings. The van der Waals surface area contributed by atoms with Crippen LogP contribution < -0.4 is 10.3 Å². The summed E-state index contributed by atoms with van der Waals surface area (Å²) in [7, 11) is -2.28. The third-order valence-corrected chi connectivity index (χ3v) is 8.09. The molecule has 8 heteroatoms. The second-order valence-corrected chi connectivity index (χ2v) is 11.7. The van der Waals surface area contributed by atoms with E-state index in [-0.39, 0.29) is 35.1 Å². The lowest BCUT2D eigenvalue weighted by Crippen LogP contribution is -2.38. The van der Waals surface area contributed by atoms with Gasteiger partial charge in [-0.1, -0.05) is 32.9 Å². The number of ether oxygens (including phenoxy) is 2. The summed E-state index contributed by atoms with van der Waals surface area (Å²) in [5.41, 5.74) is 1.67. The number of hydrogen-bond donors (Lipinski definition) is 1. The molecule has 1 saturated heterocycles. The van der Waals surface area contributed by atoms with Crippen molar-refractivity contribution >= 4 is 20.9 Å². The molecular formula is C26H32N2O5S. The molecule has 0 bridgehead atoms. The van der Waals surface area contributed by atoms with Crippen molar-refractivity contribution in [2.75, 3.05) is 20.3 Å². The fraction of sp³-hybridized carbons (Fsp3) is 0.423. The van der Waals surface area contributed by atoms with Crippen LogP contribution in [-0.2, 0) is 26.7 Å². The average Bonchev–Trinajstić information content (AvgIpc) is 3.31. The summed E-state index contributed by atoms with van der Waals surface area (Å²) in [6.45, 7) is 7.03. The van der Waals surface area contributed by atoms with Gasteiger partial charge in [0.25, 0.3) is 5.56 Å². The number of hydrogen-bond acceptors (Lipinski definition) is 5. The highest BCUT2D eigenvalue weighted by atomic mass is 32.2. The monoisotopic (exact) mass is 484 g/mol. The van der Waals surface area contributed by atoms with Crippen LogP contribution in [0.3, 0.4) is 0 Å². The second-order valence-electron chi connectivity index (χ2n) is 9.78. The van der Waals surface area contributed by atoms with Gasteiger partial charge < -0.3 is 14.5 Å². The molecule has 2 heterocycles. The summed E-state index contributed by atoms with van der Waals surface area (Å²) >= 11 is 0. The van der Waals surface area contributed by atoms with Gasteiger partial charge in [0.15, 0.2) is 0 Å². The Balaban J connectivity index is 1.70. The Kier molecular flexibility index (Phi) is 6.85. The first kappa shape index (κ1) is 24.4. The van der Waals surface area contributed by atoms with Gasteiger partial charge in [0.2, 0.25) is 10.0 Å². The molecule has 2 aromatic carbocycles. The van der Waals surface area contributed by atoms with Crippen LogP contribution in [0.1, 0.15) is 44.7 Å². The normalized spacial score (nSPS) is 16.9. The van der Waals surface area contributed by atoms with Crippen molar-refractivity contribution < 1.29 is 17.9 Å². The van der Waals surface area contributed by atoms with E-state index in [2.05, 4.69) is 25.8 Å². The van der Waals surface area contributed by atoms with Crippen LogP contribution in [-0.4, -0.2) is 44.1 Å². The molecule has 1 fully saturated rings. The predicted molar refractivity (Wildman–Crippen MR) is 133 cm³/mol. The van der Waals surface area contributed by atoms with Crippen molar-refractivity contribution in [1.29, 1.82) is 0 Å². The first-order chi connectivity index (χ1) is 16.1. The smallest absolute Gasteiger partial charge is 0.252 e. The van der Waals surface area contributed by atoms with Crippen molar-refractivity contribution in [1.82, 2.24) is 9.29 Å². The number of sulfonamides is 1. The highest BCUT2D eigenvalue weighted by Gasteiger charge is 2.30. The molecule has 0 saturated carbocycles. The number of nitrogens with one attached hydrogen (secondary N) is 1. The lowest BCUT2D eigenvalue weighted by atomic mass is 9.87. The zero-order chi connectivity index (χ0) is 24.5. The number of aromatic amines is 1. The molecule has 1 aliphatic rings. The molecule has 1 atom stereocenters. The quantitative estimate of drug-likeness (QED) is 0.543. The molecule has 182 valence electrons. The fourth-order valence-electron chi connectivity index (χ4n) is 4.20. The summed E-state index contributed by atoms with van der Waals surface area (Å²) in [5, 5.41) is 0.805. The Labute approximate surface area is 200 Å². The zero-order valence-electron chi connectivity index (χ0n) is 20.1. The van der Waals surface area contributed by atoms with Crippen molar-refractivity contribution in [2.45, 2.75) is 56.6 Å². The second kappa shape index (κ2) is 9.52. The van der Waals surface area contributed by atoms with Gasteiger partial charge in [-0.3, -0.25) is 4.79 Å². The van der Waals surface area contributed by atoms with Gasteiger partial charge in [0.05, 0.1) is 23.6 Å². The van der Waals surface area contributed by atoms with Gasteiger partial charge >= 0.3 is 0 Å². The zero-order valence-corrected chi connectivity index (χ0v) is 20.9. The Bertz CT molecular complexity index is 1320. The molecule has 0 aliphatic carbocycles. The third kappa shape index (κ3) is 5.19. The Morgan fingerprint density at radius 2 is 1.85 bits per heavy atom. The molecule has 7 nitrogen and oxygen atoms in total. The minimum absolute atomic E-state index is 0.0412. The molecule has 0 unspecified atom stereocenters. The van der Waals surface area contributed by atoms with E-state index in [1.807, 2.05) is 24.3 Å². The maximum Gasteiger partial charge on any atom is 0.252 e. The average molecular weight is 485 g/mol. The van der Waals surface area contributed by atoms with Crippen LogP contribution >= 0.6 is 0 Å². The van der Waals surface area contributed by atoms with E-state index in [0.29, 0.717) is 23.4 Å². The van der Waals surface area contributed by atoms with Crippen molar-refractivity contribution in [3.8, 4) is 5.75 Å². The lowest BCUT2D eigenvalue weighted by molar-refractivity contribution is 0.0925. The van der Waals surface area contributed by atoms with Gasteiger partial charge in [-0.05, 0) is 59.5 Å². The van der Waals surface area contributed by atoms with Crippen molar-refractivity contribution in [3.05, 3.63) is 70.0 Å². The Morgan fingerprint density at radius 1 is 1.12 bits per heavy atom. The lowest BCUT2D eigenvalue weighted by Gasteiger charge is -2.25. The predicted octanol–water partition coefficient (Wildman–Crippen LogP) is 4.20. The van der Waals surface area contributed by atoms with Gasteiger partial charge in [0.1, 0.15) is 5.75 Å². The highest BCUT2D eigenvalue weighted by Crippen LogP contribution is 2.27. The number of aromatic nitrogens is 1. The number of fused-ring (bicyclic) bond motifs is 1. The van der Waals surface area contributed by atoms with Crippen LogP contribution in [0, 0.1) is 0 Å². The minimum Gasteiger partial charge on any atom is -0.497 e. The van der Waals surface area contributed by atoms with Gasteiger partial charge in [0, 0.05) is 31.3 Å². The minimum atomic E-state index is -3.85. The van der Waals surface area contributed by atoms with Crippen molar-refractivity contribution in [3.63, 3.8) is 0 Å². The number of methoxy groups -OCH3 is 1. The number of benzene rings is 2. The molecule has 34 heavy (non-hydrogen) atoms. The molecule has 0 amide bonds. The number of nitrogens with zero attached hydrogens (tertiary/aromatic N) is 1. The van der Waals surface area contributed by atoms with Gasteiger partial charge in [-0.25, -0.2) is 8.42 Å². The topological polar surface area (TPSA) is 88.7 Å². The molecule has 1 aliphatic heterocycles. The Morgan fingerprint density at radius 3 is 2.47 bits per heavy atom. The van der Waals surface area contributed by atoms with Gasteiger partial charge in [-0.15, -0.1) is 0 Å². The molecule has 0 radical (unpaired) electrons. The van der Waals surface area contributed by atoms with Crippen LogP contribution in [0.25, 0.3) is 10.9 Å². The number of rotatable bonds is 7. The number of H-pyrrole nitrogens is 1. The number of pyridine rings is 1. The largest absolute Gasteiger partial charge is 0.497 e. The summed E-state index contributed by atoms with van der Waals surface area (Å²) in [6.07, 6.45) is 1.51. The summed E-state index contributed by atoms with van der Waals surface area (Å²) < 4.78 is 39.7. The van der Waals surface area contributed by atoms with E-state index >= 15 is 0 Å². The van der Waals surface area contributed by atoms with E-state index in [1.165, 1.54) is 4.31 Å². The highest BCUT2D eigenvalue weighted by molar-refractivity contribution is 7.89. The summed E-state index contributed by atoms with van der Waals surface area (Å²) in [4.78, 5) is 15.9. The van der Waals surface area contributed by atoms with E-state index < -0.39 is 10.0 Å². The third-order valence-electron chi connectivity index (χ3n) is 6.27.